The summed E-state index contributed by atoms with van der Waals surface area (Å²) in [5.41, 5.74) is 0. The number of hydrogen-bond donors (Lipinski definition) is 1. The van der Waals surface area contributed by atoms with Crippen LogP contribution in [0.3, 0.4) is 0 Å². The third-order valence-electron chi connectivity index (χ3n) is 1.41. The van der Waals surface area contributed by atoms with Crippen molar-refractivity contribution in [3.63, 3.8) is 0 Å². The first-order valence-corrected chi connectivity index (χ1v) is 4.31. The van der Waals surface area contributed by atoms with Crippen molar-refractivity contribution in [1.29, 1.82) is 0 Å². The number of amides is 2. The molecule has 0 aliphatic rings. The molecule has 6 heteroatoms. The van der Waals surface area contributed by atoms with Gasteiger partial charge >= 0.3 is 6.03 Å². The Labute approximate surface area is 74.6 Å². The molecular weight excluding hydrogens is 176 g/mol. The van der Waals surface area contributed by atoms with E-state index in [9.17, 15) is 4.79 Å². The van der Waals surface area contributed by atoms with Gasteiger partial charge in [-0.1, -0.05) is 4.49 Å². The van der Waals surface area contributed by atoms with E-state index in [-0.39, 0.29) is 6.03 Å². The third kappa shape index (κ3) is 2.16. The molecule has 5 nitrogen and oxygen atoms in total. The summed E-state index contributed by atoms with van der Waals surface area (Å²) in [6.07, 6.45) is 1.52. The fourth-order valence-corrected chi connectivity index (χ4v) is 0.976. The zero-order chi connectivity index (χ0) is 8.97. The zero-order valence-corrected chi connectivity index (χ0v) is 7.76. The van der Waals surface area contributed by atoms with Crippen molar-refractivity contribution in [2.45, 2.75) is 6.92 Å². The maximum atomic E-state index is 11.2. The Balaban J connectivity index is 2.47. The van der Waals surface area contributed by atoms with E-state index < -0.39 is 0 Å². The lowest BCUT2D eigenvalue weighted by Crippen LogP contribution is -2.30. The van der Waals surface area contributed by atoms with Crippen LogP contribution in [0.5, 0.6) is 0 Å². The van der Waals surface area contributed by atoms with Crippen LogP contribution >= 0.6 is 11.5 Å². The Morgan fingerprint density at radius 3 is 3.08 bits per heavy atom. The van der Waals surface area contributed by atoms with Crippen LogP contribution in [-0.4, -0.2) is 34.1 Å². The lowest BCUT2D eigenvalue weighted by molar-refractivity contribution is 0.225. The molecule has 0 spiro atoms. The molecule has 0 saturated carbocycles. The number of carbonyl (C=O) groups excluding carboxylic acids is 1. The molecule has 2 amide bonds. The summed E-state index contributed by atoms with van der Waals surface area (Å²) in [5.74, 6) is 0. The van der Waals surface area contributed by atoms with Crippen LogP contribution in [0.15, 0.2) is 6.20 Å². The van der Waals surface area contributed by atoms with E-state index in [1.165, 1.54) is 6.20 Å². The minimum Gasteiger partial charge on any atom is -0.328 e. The van der Waals surface area contributed by atoms with E-state index in [1.54, 1.807) is 11.9 Å². The Morgan fingerprint density at radius 1 is 1.83 bits per heavy atom. The van der Waals surface area contributed by atoms with Crippen LogP contribution in [0.25, 0.3) is 0 Å². The van der Waals surface area contributed by atoms with Gasteiger partial charge < -0.3 is 4.90 Å². The number of nitrogens with zero attached hydrogens (tertiary/aromatic N) is 3. The quantitative estimate of drug-likeness (QED) is 0.750. The molecule has 0 fully saturated rings. The Kier molecular flexibility index (Phi) is 2.98. The summed E-state index contributed by atoms with van der Waals surface area (Å²) in [4.78, 5) is 12.8. The molecule has 1 N–H and O–H groups in total. The van der Waals surface area contributed by atoms with E-state index >= 15 is 0 Å². The highest BCUT2D eigenvalue weighted by Crippen LogP contribution is 2.09. The van der Waals surface area contributed by atoms with Gasteiger partial charge in [-0.25, -0.2) is 4.79 Å². The molecule has 0 unspecified atom stereocenters. The van der Waals surface area contributed by atoms with Gasteiger partial charge in [0.15, 0.2) is 0 Å². The fraction of sp³-hybridized carbons (Fsp3) is 0.500. The molecule has 1 aromatic heterocycles. The van der Waals surface area contributed by atoms with Gasteiger partial charge in [0.2, 0.25) is 0 Å². The average Bonchev–Trinajstić information content (AvgIpc) is 2.55. The van der Waals surface area contributed by atoms with Crippen molar-refractivity contribution < 1.29 is 4.79 Å². The highest BCUT2D eigenvalue weighted by atomic mass is 32.1. The molecule has 1 heterocycles. The number of aromatic nitrogens is 2. The van der Waals surface area contributed by atoms with Crippen molar-refractivity contribution in [3.05, 3.63) is 6.20 Å². The second-order valence-corrected chi connectivity index (χ2v) is 3.01. The van der Waals surface area contributed by atoms with E-state index in [1.807, 2.05) is 6.92 Å². The average molecular weight is 186 g/mol. The molecule has 0 saturated heterocycles. The maximum absolute atomic E-state index is 11.2. The topological polar surface area (TPSA) is 58.1 Å². The summed E-state index contributed by atoms with van der Waals surface area (Å²) >= 11 is 1.16. The SMILES string of the molecule is CCN(C)C(=O)Nc1cnns1. The second-order valence-electron chi connectivity index (χ2n) is 2.23. The van der Waals surface area contributed by atoms with Gasteiger partial charge in [-0.05, 0) is 6.92 Å². The summed E-state index contributed by atoms with van der Waals surface area (Å²) in [6, 6.07) is -0.136. The van der Waals surface area contributed by atoms with Gasteiger partial charge in [-0.3, -0.25) is 5.32 Å². The summed E-state index contributed by atoms with van der Waals surface area (Å²) < 4.78 is 3.62. The lowest BCUT2D eigenvalue weighted by atomic mass is 10.6. The highest BCUT2D eigenvalue weighted by molar-refractivity contribution is 7.10. The summed E-state index contributed by atoms with van der Waals surface area (Å²) in [5, 5.41) is 6.92. The third-order valence-corrected chi connectivity index (χ3v) is 1.99. The second kappa shape index (κ2) is 4.01. The first-order chi connectivity index (χ1) is 5.74. The van der Waals surface area contributed by atoms with Crippen molar-refractivity contribution >= 4 is 22.6 Å². The Morgan fingerprint density at radius 2 is 2.58 bits per heavy atom. The molecule has 0 radical (unpaired) electrons. The van der Waals surface area contributed by atoms with Gasteiger partial charge in [0, 0.05) is 25.1 Å². The van der Waals surface area contributed by atoms with Crippen molar-refractivity contribution in [3.8, 4) is 0 Å². The molecular formula is C6H10N4OS. The normalized spacial score (nSPS) is 9.50. The predicted molar refractivity (Wildman–Crippen MR) is 47.2 cm³/mol. The number of anilines is 1. The lowest BCUT2D eigenvalue weighted by Gasteiger charge is -2.13. The summed E-state index contributed by atoms with van der Waals surface area (Å²) in [7, 11) is 1.73. The largest absolute Gasteiger partial charge is 0.328 e. The van der Waals surface area contributed by atoms with Gasteiger partial charge in [0.05, 0.1) is 6.20 Å². The monoisotopic (exact) mass is 186 g/mol. The summed E-state index contributed by atoms with van der Waals surface area (Å²) in [6.45, 7) is 2.59. The van der Waals surface area contributed by atoms with Crippen molar-refractivity contribution in [2.75, 3.05) is 18.9 Å². The molecule has 1 rings (SSSR count). The number of hydrogen-bond acceptors (Lipinski definition) is 4. The van der Waals surface area contributed by atoms with Crippen LogP contribution < -0.4 is 5.32 Å². The van der Waals surface area contributed by atoms with Crippen molar-refractivity contribution in [1.82, 2.24) is 14.5 Å². The van der Waals surface area contributed by atoms with Crippen LogP contribution in [0.4, 0.5) is 9.80 Å². The van der Waals surface area contributed by atoms with Gasteiger partial charge in [-0.2, -0.15) is 0 Å². The van der Waals surface area contributed by atoms with Gasteiger partial charge in [0.25, 0.3) is 0 Å². The smallest absolute Gasteiger partial charge is 0.322 e. The Bertz CT molecular complexity index is 248. The van der Waals surface area contributed by atoms with E-state index in [0.29, 0.717) is 11.5 Å². The van der Waals surface area contributed by atoms with E-state index in [2.05, 4.69) is 14.9 Å². The molecule has 0 bridgehead atoms. The van der Waals surface area contributed by atoms with E-state index in [0.717, 1.165) is 11.5 Å². The standard InChI is InChI=1S/C6H10N4OS/c1-3-10(2)6(11)8-5-4-7-9-12-5/h4H,3H2,1-2H3,(H,8,11). The van der Waals surface area contributed by atoms with Crippen molar-refractivity contribution in [2.24, 2.45) is 0 Å². The maximum Gasteiger partial charge on any atom is 0.322 e. The van der Waals surface area contributed by atoms with Crippen LogP contribution in [0.2, 0.25) is 0 Å². The number of carbonyl (C=O) groups is 1. The number of nitrogens with one attached hydrogen (secondary N) is 1. The van der Waals surface area contributed by atoms with E-state index in [4.69, 9.17) is 0 Å². The Hall–Kier alpha value is -1.17. The predicted octanol–water partition coefficient (Wildman–Crippen LogP) is 1.02. The zero-order valence-electron chi connectivity index (χ0n) is 6.94. The number of urea groups is 1. The molecule has 0 aliphatic heterocycles. The molecule has 0 aromatic carbocycles. The molecule has 1 aromatic rings. The fourth-order valence-electron chi connectivity index (χ4n) is 0.567. The first-order valence-electron chi connectivity index (χ1n) is 3.53. The molecule has 66 valence electrons. The van der Waals surface area contributed by atoms with Crippen LogP contribution in [0.1, 0.15) is 6.92 Å². The molecule has 12 heavy (non-hydrogen) atoms. The van der Waals surface area contributed by atoms with Crippen LogP contribution in [-0.2, 0) is 0 Å². The molecule has 0 atom stereocenters. The minimum atomic E-state index is -0.136. The van der Waals surface area contributed by atoms with Gasteiger partial charge in [0.1, 0.15) is 5.00 Å². The molecule has 0 aliphatic carbocycles. The first kappa shape index (κ1) is 8.92. The minimum absolute atomic E-state index is 0.136. The van der Waals surface area contributed by atoms with Crippen LogP contribution in [0, 0.1) is 0 Å². The van der Waals surface area contributed by atoms with Gasteiger partial charge in [-0.15, -0.1) is 5.10 Å². The number of rotatable bonds is 2. The highest BCUT2D eigenvalue weighted by Gasteiger charge is 2.06.